The van der Waals surface area contributed by atoms with Crippen LogP contribution in [-0.2, 0) is 17.9 Å². The maximum Gasteiger partial charge on any atom is 0.258 e. The predicted octanol–water partition coefficient (Wildman–Crippen LogP) is 2.33. The highest BCUT2D eigenvalue weighted by Crippen LogP contribution is 2.14. The summed E-state index contributed by atoms with van der Waals surface area (Å²) in [6.45, 7) is 7.28. The van der Waals surface area contributed by atoms with Crippen molar-refractivity contribution in [1.29, 1.82) is 0 Å². The van der Waals surface area contributed by atoms with E-state index >= 15 is 0 Å². The lowest BCUT2D eigenvalue weighted by molar-refractivity contribution is -0.123. The van der Waals surface area contributed by atoms with Gasteiger partial charge in [0.05, 0.1) is 0 Å². The summed E-state index contributed by atoms with van der Waals surface area (Å²) in [5.41, 5.74) is 2.91. The molecule has 6 heteroatoms. The average Bonchev–Trinajstić information content (AvgIpc) is 2.73. The number of hydrogen-bond acceptors (Lipinski definition) is 5. The number of piperazine rings is 1. The van der Waals surface area contributed by atoms with E-state index in [1.807, 2.05) is 0 Å². The van der Waals surface area contributed by atoms with E-state index in [1.165, 1.54) is 12.5 Å². The molecule has 1 aliphatic rings. The van der Waals surface area contributed by atoms with Gasteiger partial charge in [0.15, 0.2) is 12.4 Å². The third-order valence-corrected chi connectivity index (χ3v) is 5.13. The minimum absolute atomic E-state index is 0.0315. The monoisotopic (exact) mass is 395 g/mol. The number of nitrogens with one attached hydrogen (secondary N) is 1. The van der Waals surface area contributed by atoms with Crippen molar-refractivity contribution in [2.45, 2.75) is 20.0 Å². The van der Waals surface area contributed by atoms with Gasteiger partial charge in [-0.2, -0.15) is 0 Å². The number of ether oxygens (including phenoxy) is 1. The lowest BCUT2D eigenvalue weighted by Crippen LogP contribution is -2.43. The standard InChI is InChI=1S/C23H29N3O3/c1-18(27)21-4-3-5-22(14-21)29-17-23(28)24-15-19-6-8-20(9-7-19)16-26-12-10-25(2)11-13-26/h3-9,14H,10-13,15-17H2,1-2H3,(H,24,28). The Labute approximate surface area is 172 Å². The molecule has 0 spiro atoms. The van der Waals surface area contributed by atoms with Crippen LogP contribution in [0.25, 0.3) is 0 Å². The number of ketones is 1. The van der Waals surface area contributed by atoms with Gasteiger partial charge in [0.1, 0.15) is 5.75 Å². The summed E-state index contributed by atoms with van der Waals surface area (Å²) in [5, 5.41) is 2.87. The van der Waals surface area contributed by atoms with E-state index in [4.69, 9.17) is 4.74 Å². The highest BCUT2D eigenvalue weighted by Gasteiger charge is 2.13. The van der Waals surface area contributed by atoms with E-state index in [1.54, 1.807) is 24.3 Å². The van der Waals surface area contributed by atoms with Crippen LogP contribution in [0, 0.1) is 0 Å². The van der Waals surface area contributed by atoms with E-state index in [0.29, 0.717) is 17.9 Å². The Hall–Kier alpha value is -2.70. The lowest BCUT2D eigenvalue weighted by atomic mass is 10.1. The second-order valence-electron chi connectivity index (χ2n) is 7.55. The predicted molar refractivity (Wildman–Crippen MR) is 113 cm³/mol. The van der Waals surface area contributed by atoms with Crippen LogP contribution in [0.4, 0.5) is 0 Å². The van der Waals surface area contributed by atoms with Gasteiger partial charge in [-0.05, 0) is 37.2 Å². The summed E-state index contributed by atoms with van der Waals surface area (Å²) in [5.74, 6) is 0.289. The Morgan fingerprint density at radius 1 is 1.00 bits per heavy atom. The quantitative estimate of drug-likeness (QED) is 0.695. The fourth-order valence-corrected chi connectivity index (χ4v) is 3.23. The second kappa shape index (κ2) is 10.2. The van der Waals surface area contributed by atoms with Crippen molar-refractivity contribution >= 4 is 11.7 Å². The molecule has 0 aliphatic carbocycles. The van der Waals surface area contributed by atoms with Crippen LogP contribution in [0.3, 0.4) is 0 Å². The summed E-state index contributed by atoms with van der Waals surface area (Å²) in [6.07, 6.45) is 0. The van der Waals surface area contributed by atoms with Gasteiger partial charge in [0, 0.05) is 44.8 Å². The van der Waals surface area contributed by atoms with Crippen molar-refractivity contribution in [1.82, 2.24) is 15.1 Å². The van der Waals surface area contributed by atoms with Gasteiger partial charge in [0.25, 0.3) is 5.91 Å². The zero-order valence-corrected chi connectivity index (χ0v) is 17.2. The Morgan fingerprint density at radius 3 is 2.38 bits per heavy atom. The minimum atomic E-state index is -0.195. The summed E-state index contributed by atoms with van der Waals surface area (Å²) in [6, 6.07) is 15.2. The summed E-state index contributed by atoms with van der Waals surface area (Å²) in [7, 11) is 2.16. The van der Waals surface area contributed by atoms with Gasteiger partial charge in [0.2, 0.25) is 0 Å². The topological polar surface area (TPSA) is 61.9 Å². The van der Waals surface area contributed by atoms with Gasteiger partial charge >= 0.3 is 0 Å². The first-order chi connectivity index (χ1) is 14.0. The number of Topliss-reactive ketones (excluding diaryl/α,β-unsaturated/α-hetero) is 1. The van der Waals surface area contributed by atoms with Crippen molar-refractivity contribution < 1.29 is 14.3 Å². The Morgan fingerprint density at radius 2 is 1.69 bits per heavy atom. The van der Waals surface area contributed by atoms with E-state index in [9.17, 15) is 9.59 Å². The molecule has 1 amide bonds. The largest absolute Gasteiger partial charge is 0.484 e. The molecule has 29 heavy (non-hydrogen) atoms. The number of likely N-dealkylation sites (N-methyl/N-ethyl adjacent to an activating group) is 1. The molecule has 0 radical (unpaired) electrons. The summed E-state index contributed by atoms with van der Waals surface area (Å²) in [4.78, 5) is 28.3. The first-order valence-corrected chi connectivity index (χ1v) is 9.99. The highest BCUT2D eigenvalue weighted by molar-refractivity contribution is 5.94. The Balaban J connectivity index is 1.41. The number of nitrogens with zero attached hydrogens (tertiary/aromatic N) is 2. The molecule has 0 aromatic heterocycles. The smallest absolute Gasteiger partial charge is 0.258 e. The summed E-state index contributed by atoms with van der Waals surface area (Å²) >= 11 is 0. The molecule has 0 bridgehead atoms. The normalized spacial score (nSPS) is 15.1. The molecule has 3 rings (SSSR count). The number of rotatable bonds is 8. The van der Waals surface area contributed by atoms with E-state index in [2.05, 4.69) is 46.4 Å². The summed E-state index contributed by atoms with van der Waals surface area (Å²) < 4.78 is 5.49. The maximum atomic E-state index is 12.1. The highest BCUT2D eigenvalue weighted by atomic mass is 16.5. The van der Waals surface area contributed by atoms with Crippen LogP contribution in [0.2, 0.25) is 0 Å². The molecule has 0 atom stereocenters. The van der Waals surface area contributed by atoms with Gasteiger partial charge in [-0.3, -0.25) is 14.5 Å². The van der Waals surface area contributed by atoms with E-state index < -0.39 is 0 Å². The number of benzene rings is 2. The molecule has 1 heterocycles. The van der Waals surface area contributed by atoms with Crippen molar-refractivity contribution in [2.24, 2.45) is 0 Å². The van der Waals surface area contributed by atoms with Crippen LogP contribution >= 0.6 is 0 Å². The van der Waals surface area contributed by atoms with E-state index in [0.717, 1.165) is 38.3 Å². The minimum Gasteiger partial charge on any atom is -0.484 e. The molecule has 1 N–H and O–H groups in total. The molecule has 1 saturated heterocycles. The molecule has 6 nitrogen and oxygen atoms in total. The molecular formula is C23H29N3O3. The van der Waals surface area contributed by atoms with Crippen LogP contribution in [0.15, 0.2) is 48.5 Å². The first-order valence-electron chi connectivity index (χ1n) is 9.99. The molecule has 1 fully saturated rings. The Bertz CT molecular complexity index is 828. The molecule has 154 valence electrons. The van der Waals surface area contributed by atoms with Gasteiger partial charge in [-0.25, -0.2) is 0 Å². The van der Waals surface area contributed by atoms with Gasteiger partial charge in [-0.15, -0.1) is 0 Å². The molecule has 0 saturated carbocycles. The SMILES string of the molecule is CC(=O)c1cccc(OCC(=O)NCc2ccc(CN3CCN(C)CC3)cc2)c1. The fourth-order valence-electron chi connectivity index (χ4n) is 3.23. The molecule has 0 unspecified atom stereocenters. The Kier molecular flexibility index (Phi) is 7.38. The van der Waals surface area contributed by atoms with Crippen molar-refractivity contribution in [3.63, 3.8) is 0 Å². The maximum absolute atomic E-state index is 12.1. The average molecular weight is 396 g/mol. The number of carbonyl (C=O) groups excluding carboxylic acids is 2. The zero-order chi connectivity index (χ0) is 20.6. The fraction of sp³-hybridized carbons (Fsp3) is 0.391. The number of amides is 1. The molecule has 2 aromatic carbocycles. The van der Waals surface area contributed by atoms with Crippen LogP contribution in [0.1, 0.15) is 28.4 Å². The van der Waals surface area contributed by atoms with Crippen molar-refractivity contribution in [3.05, 3.63) is 65.2 Å². The van der Waals surface area contributed by atoms with Crippen LogP contribution in [0.5, 0.6) is 5.75 Å². The lowest BCUT2D eigenvalue weighted by Gasteiger charge is -2.32. The number of hydrogen-bond donors (Lipinski definition) is 1. The molecule has 2 aromatic rings. The molecule has 1 aliphatic heterocycles. The van der Waals surface area contributed by atoms with Crippen molar-refractivity contribution in [2.75, 3.05) is 39.8 Å². The molecular weight excluding hydrogens is 366 g/mol. The van der Waals surface area contributed by atoms with Crippen molar-refractivity contribution in [3.8, 4) is 5.75 Å². The van der Waals surface area contributed by atoms with Crippen LogP contribution in [-0.4, -0.2) is 61.3 Å². The van der Waals surface area contributed by atoms with Gasteiger partial charge < -0.3 is 15.0 Å². The third-order valence-electron chi connectivity index (χ3n) is 5.13. The second-order valence-corrected chi connectivity index (χ2v) is 7.55. The first kappa shape index (κ1) is 21.0. The third kappa shape index (κ3) is 6.69. The zero-order valence-electron chi connectivity index (χ0n) is 17.2. The van der Waals surface area contributed by atoms with E-state index in [-0.39, 0.29) is 18.3 Å². The van der Waals surface area contributed by atoms with Gasteiger partial charge in [-0.1, -0.05) is 36.4 Å². The van der Waals surface area contributed by atoms with Crippen LogP contribution < -0.4 is 10.1 Å². The number of carbonyl (C=O) groups is 2.